The SMILES string of the molecule is CCCCN1C/C=C\CCC(=O)OC[C@H](c2ccccc2)NC(=O)[C@@H]2[C@H]3C(=O)N([C@@H](CO)Cc4ccccc4)[C@H](C1=O)[C@]31C=C[C@H]2O1. The van der Waals surface area contributed by atoms with Gasteiger partial charge in [0.15, 0.2) is 0 Å². The normalized spacial score (nSPS) is 30.6. The minimum absolute atomic E-state index is 0.0716. The van der Waals surface area contributed by atoms with Crippen LogP contribution in [-0.4, -0.2) is 88.7 Å². The number of aliphatic hydroxyl groups is 1. The van der Waals surface area contributed by atoms with Gasteiger partial charge in [-0.05, 0) is 30.4 Å². The highest BCUT2D eigenvalue weighted by molar-refractivity contribution is 6.00. The topological polar surface area (TPSA) is 125 Å². The number of cyclic esters (lactones) is 1. The first kappa shape index (κ1) is 32.7. The van der Waals surface area contributed by atoms with Gasteiger partial charge in [-0.25, -0.2) is 0 Å². The maximum atomic E-state index is 14.8. The average Bonchev–Trinajstić information content (AvgIpc) is 3.74. The van der Waals surface area contributed by atoms with E-state index in [0.717, 1.165) is 24.0 Å². The summed E-state index contributed by atoms with van der Waals surface area (Å²) in [6.07, 6.45) is 9.11. The molecule has 4 aliphatic heterocycles. The van der Waals surface area contributed by atoms with Gasteiger partial charge in [0.25, 0.3) is 0 Å². The number of nitrogens with zero attached hydrogens (tertiary/aromatic N) is 2. The Kier molecular flexibility index (Phi) is 9.89. The van der Waals surface area contributed by atoms with Crippen LogP contribution in [0.4, 0.5) is 0 Å². The Hall–Kier alpha value is -4.28. The van der Waals surface area contributed by atoms with Gasteiger partial charge in [0.1, 0.15) is 18.2 Å². The maximum absolute atomic E-state index is 14.8. The molecule has 5 bridgehead atoms. The largest absolute Gasteiger partial charge is 0.463 e. The summed E-state index contributed by atoms with van der Waals surface area (Å²) in [5.41, 5.74) is 0.292. The molecule has 0 aromatic heterocycles. The minimum Gasteiger partial charge on any atom is -0.463 e. The summed E-state index contributed by atoms with van der Waals surface area (Å²) in [5, 5.41) is 13.8. The van der Waals surface area contributed by atoms with Crippen molar-refractivity contribution in [3.63, 3.8) is 0 Å². The number of hydrogen-bond acceptors (Lipinski definition) is 7. The van der Waals surface area contributed by atoms with E-state index in [-0.39, 0.29) is 38.0 Å². The van der Waals surface area contributed by atoms with Gasteiger partial charge < -0.3 is 29.7 Å². The number of nitrogens with one attached hydrogen (secondary N) is 1. The molecule has 0 radical (unpaired) electrons. The van der Waals surface area contributed by atoms with Crippen LogP contribution in [0.25, 0.3) is 0 Å². The zero-order chi connectivity index (χ0) is 33.0. The lowest BCUT2D eigenvalue weighted by Gasteiger charge is -2.39. The van der Waals surface area contributed by atoms with Crippen molar-refractivity contribution >= 4 is 23.7 Å². The molecule has 2 aromatic rings. The van der Waals surface area contributed by atoms with E-state index in [1.807, 2.05) is 79.7 Å². The van der Waals surface area contributed by atoms with E-state index in [1.54, 1.807) is 17.1 Å². The number of fused-ring (bicyclic) bond motifs is 2. The number of benzene rings is 2. The molecule has 6 rings (SSSR count). The summed E-state index contributed by atoms with van der Waals surface area (Å²) in [7, 11) is 0. The molecule has 47 heavy (non-hydrogen) atoms. The van der Waals surface area contributed by atoms with E-state index in [0.29, 0.717) is 19.4 Å². The number of allylic oxidation sites excluding steroid dienone is 1. The molecule has 3 amide bonds. The first-order valence-corrected chi connectivity index (χ1v) is 16.7. The average molecular weight is 642 g/mol. The van der Waals surface area contributed by atoms with Crippen molar-refractivity contribution in [2.75, 3.05) is 26.3 Å². The fourth-order valence-electron chi connectivity index (χ4n) is 7.47. The van der Waals surface area contributed by atoms with Gasteiger partial charge in [0.2, 0.25) is 17.7 Å². The molecule has 2 saturated heterocycles. The molecule has 10 nitrogen and oxygen atoms in total. The fourth-order valence-corrected chi connectivity index (χ4v) is 7.47. The van der Waals surface area contributed by atoms with Crippen molar-refractivity contribution in [2.24, 2.45) is 11.8 Å². The number of likely N-dealkylation sites (tertiary alicyclic amines) is 1. The molecule has 1 spiro atoms. The Morgan fingerprint density at radius 1 is 1.00 bits per heavy atom. The first-order valence-electron chi connectivity index (χ1n) is 16.7. The number of hydrogen-bond donors (Lipinski definition) is 2. The van der Waals surface area contributed by atoms with Gasteiger partial charge in [-0.1, -0.05) is 98.3 Å². The van der Waals surface area contributed by atoms with Gasteiger partial charge >= 0.3 is 5.97 Å². The lowest BCUT2D eigenvalue weighted by atomic mass is 9.74. The van der Waals surface area contributed by atoms with Gasteiger partial charge in [-0.3, -0.25) is 19.2 Å². The van der Waals surface area contributed by atoms with Crippen LogP contribution >= 0.6 is 0 Å². The van der Waals surface area contributed by atoms with Crippen molar-refractivity contribution in [1.82, 2.24) is 15.1 Å². The number of amides is 3. The van der Waals surface area contributed by atoms with Crippen molar-refractivity contribution in [3.05, 3.63) is 96.1 Å². The molecule has 2 fully saturated rings. The summed E-state index contributed by atoms with van der Waals surface area (Å²) >= 11 is 0. The van der Waals surface area contributed by atoms with Gasteiger partial charge in [-0.2, -0.15) is 0 Å². The minimum atomic E-state index is -1.37. The van der Waals surface area contributed by atoms with E-state index in [1.165, 1.54) is 4.90 Å². The Morgan fingerprint density at radius 3 is 2.47 bits per heavy atom. The molecular formula is C37H43N3O7. The number of unbranched alkanes of at least 4 members (excludes halogenated alkanes) is 1. The van der Waals surface area contributed by atoms with Crippen LogP contribution in [-0.2, 0) is 35.1 Å². The molecule has 0 unspecified atom stereocenters. The van der Waals surface area contributed by atoms with Crippen molar-refractivity contribution in [2.45, 2.75) is 68.9 Å². The summed E-state index contributed by atoms with van der Waals surface area (Å²) < 4.78 is 12.2. The maximum Gasteiger partial charge on any atom is 0.306 e. The summed E-state index contributed by atoms with van der Waals surface area (Å²) in [5.74, 6) is -3.39. The molecule has 2 N–H and O–H groups in total. The standard InChI is InChI=1S/C37H43N3O7/c1-2-3-20-39-21-12-6-11-17-30(42)46-24-28(26-15-9-5-10-16-26)38-34(43)31-29-18-19-37(47-29)32(31)35(44)40(33(37)36(39)45)27(23-41)22-25-13-7-4-8-14-25/h4-10,12-16,18-19,27-29,31-33,41H,2-3,11,17,20-24H2,1H3,(H,38,43)/b12-6-/t27-,28-,29-,31+,32+,33-,37+/m1/s1. The van der Waals surface area contributed by atoms with Crippen molar-refractivity contribution in [1.29, 1.82) is 0 Å². The lowest BCUT2D eigenvalue weighted by molar-refractivity contribution is -0.150. The number of rotatable bonds is 8. The molecule has 7 atom stereocenters. The predicted octanol–water partition coefficient (Wildman–Crippen LogP) is 3.12. The van der Waals surface area contributed by atoms with Crippen LogP contribution in [0.2, 0.25) is 0 Å². The van der Waals surface area contributed by atoms with Crippen LogP contribution < -0.4 is 5.32 Å². The summed E-state index contributed by atoms with van der Waals surface area (Å²) in [4.78, 5) is 59.6. The zero-order valence-electron chi connectivity index (χ0n) is 26.7. The Morgan fingerprint density at radius 2 is 1.74 bits per heavy atom. The molecule has 0 aliphatic carbocycles. The van der Waals surface area contributed by atoms with Crippen LogP contribution in [0.3, 0.4) is 0 Å². The molecule has 4 heterocycles. The molecule has 248 valence electrons. The van der Waals surface area contributed by atoms with E-state index in [9.17, 15) is 24.3 Å². The third-order valence-corrected chi connectivity index (χ3v) is 9.80. The zero-order valence-corrected chi connectivity index (χ0v) is 26.7. The van der Waals surface area contributed by atoms with E-state index < -0.39 is 53.5 Å². The number of carbonyl (C=O) groups is 4. The van der Waals surface area contributed by atoms with Crippen molar-refractivity contribution < 1.29 is 33.8 Å². The second kappa shape index (κ2) is 14.2. The summed E-state index contributed by atoms with van der Waals surface area (Å²) in [6.45, 7) is 2.34. The highest BCUT2D eigenvalue weighted by atomic mass is 16.5. The number of ether oxygens (including phenoxy) is 2. The number of aliphatic hydroxyl groups excluding tert-OH is 1. The van der Waals surface area contributed by atoms with Crippen LogP contribution in [0, 0.1) is 11.8 Å². The first-order chi connectivity index (χ1) is 22.9. The van der Waals surface area contributed by atoms with Gasteiger partial charge in [-0.15, -0.1) is 0 Å². The highest BCUT2D eigenvalue weighted by Crippen LogP contribution is 2.56. The van der Waals surface area contributed by atoms with Crippen molar-refractivity contribution in [3.8, 4) is 0 Å². The number of carbonyl (C=O) groups excluding carboxylic acids is 4. The van der Waals surface area contributed by atoms with Crippen LogP contribution in [0.15, 0.2) is 85.0 Å². The Labute approximate surface area is 275 Å². The predicted molar refractivity (Wildman–Crippen MR) is 174 cm³/mol. The third kappa shape index (κ3) is 6.36. The second-order valence-electron chi connectivity index (χ2n) is 12.8. The van der Waals surface area contributed by atoms with E-state index in [2.05, 4.69) is 5.32 Å². The van der Waals surface area contributed by atoms with Crippen LogP contribution in [0.5, 0.6) is 0 Å². The molecule has 2 aromatic carbocycles. The van der Waals surface area contributed by atoms with Gasteiger partial charge in [0, 0.05) is 19.5 Å². The molecule has 10 heteroatoms. The van der Waals surface area contributed by atoms with Gasteiger partial charge in [0.05, 0.1) is 36.6 Å². The second-order valence-corrected chi connectivity index (χ2v) is 12.8. The summed E-state index contributed by atoms with van der Waals surface area (Å²) in [6, 6.07) is 16.3. The van der Waals surface area contributed by atoms with E-state index in [4.69, 9.17) is 9.47 Å². The fraction of sp³-hybridized carbons (Fsp3) is 0.459. The molecule has 0 saturated carbocycles. The smallest absolute Gasteiger partial charge is 0.306 e. The highest BCUT2D eigenvalue weighted by Gasteiger charge is 2.73. The lowest BCUT2D eigenvalue weighted by Crippen LogP contribution is -2.59. The molecule has 4 aliphatic rings. The number of esters is 1. The Balaban J connectivity index is 1.42. The van der Waals surface area contributed by atoms with Crippen LogP contribution in [0.1, 0.15) is 49.8 Å². The monoisotopic (exact) mass is 641 g/mol. The van der Waals surface area contributed by atoms with E-state index >= 15 is 0 Å². The quantitative estimate of drug-likeness (QED) is 0.335. The Bertz CT molecular complexity index is 1510. The third-order valence-electron chi connectivity index (χ3n) is 9.80. The molecular weight excluding hydrogens is 598 g/mol.